The Labute approximate surface area is 97.5 Å². The van der Waals surface area contributed by atoms with E-state index in [-0.39, 0.29) is 0 Å². The van der Waals surface area contributed by atoms with Crippen molar-refractivity contribution in [3.8, 4) is 0 Å². The van der Waals surface area contributed by atoms with Gasteiger partial charge in [-0.05, 0) is 37.3 Å². The van der Waals surface area contributed by atoms with Crippen LogP contribution in [0.15, 0.2) is 18.3 Å². The maximum Gasteiger partial charge on any atom is 0.128 e. The number of hydrogen-bond acceptors (Lipinski definition) is 3. The van der Waals surface area contributed by atoms with Crippen molar-refractivity contribution in [2.45, 2.75) is 38.6 Å². The highest BCUT2D eigenvalue weighted by atomic mass is 15.0. The summed E-state index contributed by atoms with van der Waals surface area (Å²) in [6.45, 7) is 3.04. The number of hydrogen-bond donors (Lipinski definition) is 2. The summed E-state index contributed by atoms with van der Waals surface area (Å²) in [4.78, 5) is 4.34. The molecule has 16 heavy (non-hydrogen) atoms. The van der Waals surface area contributed by atoms with Crippen LogP contribution in [0.2, 0.25) is 0 Å². The zero-order valence-corrected chi connectivity index (χ0v) is 9.95. The minimum absolute atomic E-state index is 0.366. The van der Waals surface area contributed by atoms with Crippen molar-refractivity contribution in [2.75, 3.05) is 11.9 Å². The molecule has 2 atom stereocenters. The molecule has 2 rings (SSSR count). The first kappa shape index (κ1) is 11.4. The molecule has 0 spiro atoms. The first-order valence-electron chi connectivity index (χ1n) is 6.18. The monoisotopic (exact) mass is 219 g/mol. The van der Waals surface area contributed by atoms with Gasteiger partial charge in [0, 0.05) is 18.8 Å². The average molecular weight is 219 g/mol. The maximum absolute atomic E-state index is 6.12. The van der Waals surface area contributed by atoms with Crippen molar-refractivity contribution < 1.29 is 0 Å². The molecule has 0 bridgehead atoms. The Kier molecular flexibility index (Phi) is 3.78. The number of nitrogens with zero attached hydrogens (tertiary/aromatic N) is 1. The van der Waals surface area contributed by atoms with Gasteiger partial charge in [0.15, 0.2) is 0 Å². The summed E-state index contributed by atoms with van der Waals surface area (Å²) >= 11 is 0. The summed E-state index contributed by atoms with van der Waals surface area (Å²) in [5.74, 6) is 1.61. The molecule has 1 aromatic heterocycles. The second-order valence-corrected chi connectivity index (χ2v) is 4.76. The summed E-state index contributed by atoms with van der Waals surface area (Å²) < 4.78 is 0. The molecule has 1 aromatic rings. The molecule has 1 heterocycles. The number of aryl methyl sites for hydroxylation is 1. The van der Waals surface area contributed by atoms with Crippen LogP contribution in [0.25, 0.3) is 0 Å². The van der Waals surface area contributed by atoms with Crippen LogP contribution in [0.5, 0.6) is 0 Å². The summed E-state index contributed by atoms with van der Waals surface area (Å²) in [5, 5.41) is 3.42. The summed E-state index contributed by atoms with van der Waals surface area (Å²) in [6, 6.07) is 4.41. The fraction of sp³-hybridized carbons (Fsp3) is 0.615. The van der Waals surface area contributed by atoms with Crippen LogP contribution in [-0.4, -0.2) is 17.6 Å². The SMILES string of the molecule is Cc1cccnc1NCC1CCCCC1N. The molecular formula is C13H21N3. The molecule has 0 aromatic carbocycles. The Morgan fingerprint density at radius 3 is 3.00 bits per heavy atom. The normalized spacial score (nSPS) is 25.4. The van der Waals surface area contributed by atoms with Crippen LogP contribution in [0, 0.1) is 12.8 Å². The Bertz CT molecular complexity index is 338. The van der Waals surface area contributed by atoms with Crippen LogP contribution in [0.3, 0.4) is 0 Å². The average Bonchev–Trinajstić information content (AvgIpc) is 2.30. The second kappa shape index (κ2) is 5.30. The van der Waals surface area contributed by atoms with E-state index in [1.54, 1.807) is 0 Å². The number of nitrogens with one attached hydrogen (secondary N) is 1. The van der Waals surface area contributed by atoms with Crippen molar-refractivity contribution in [3.63, 3.8) is 0 Å². The van der Waals surface area contributed by atoms with Gasteiger partial charge in [0.1, 0.15) is 5.82 Å². The summed E-state index contributed by atoms with van der Waals surface area (Å²) in [6.07, 6.45) is 6.87. The molecule has 0 aliphatic heterocycles. The van der Waals surface area contributed by atoms with Crippen LogP contribution in [0.1, 0.15) is 31.2 Å². The minimum atomic E-state index is 0.366. The predicted molar refractivity (Wildman–Crippen MR) is 67.4 cm³/mol. The van der Waals surface area contributed by atoms with Crippen molar-refractivity contribution >= 4 is 5.82 Å². The van der Waals surface area contributed by atoms with E-state index < -0.39 is 0 Å². The highest BCUT2D eigenvalue weighted by Gasteiger charge is 2.21. The zero-order valence-electron chi connectivity index (χ0n) is 9.95. The van der Waals surface area contributed by atoms with Gasteiger partial charge in [-0.15, -0.1) is 0 Å². The van der Waals surface area contributed by atoms with Gasteiger partial charge in [-0.25, -0.2) is 4.98 Å². The first-order valence-corrected chi connectivity index (χ1v) is 6.18. The molecule has 1 aliphatic rings. The largest absolute Gasteiger partial charge is 0.370 e. The van der Waals surface area contributed by atoms with Crippen molar-refractivity contribution in [2.24, 2.45) is 11.7 Å². The quantitative estimate of drug-likeness (QED) is 0.820. The van der Waals surface area contributed by atoms with E-state index in [4.69, 9.17) is 5.73 Å². The third-order valence-electron chi connectivity index (χ3n) is 3.51. The van der Waals surface area contributed by atoms with E-state index in [2.05, 4.69) is 23.3 Å². The first-order chi connectivity index (χ1) is 7.77. The standard InChI is InChI=1S/C13H21N3/c1-10-5-4-8-15-13(10)16-9-11-6-2-3-7-12(11)14/h4-5,8,11-12H,2-3,6-7,9,14H2,1H3,(H,15,16). The summed E-state index contributed by atoms with van der Waals surface area (Å²) in [5.41, 5.74) is 7.32. The van der Waals surface area contributed by atoms with Gasteiger partial charge >= 0.3 is 0 Å². The van der Waals surface area contributed by atoms with Crippen LogP contribution in [0.4, 0.5) is 5.82 Å². The van der Waals surface area contributed by atoms with E-state index in [0.717, 1.165) is 12.4 Å². The van der Waals surface area contributed by atoms with Gasteiger partial charge < -0.3 is 11.1 Å². The molecule has 3 heteroatoms. The van der Waals surface area contributed by atoms with Crippen molar-refractivity contribution in [1.82, 2.24) is 4.98 Å². The Balaban J connectivity index is 1.89. The number of anilines is 1. The van der Waals surface area contributed by atoms with E-state index in [1.165, 1.54) is 31.2 Å². The van der Waals surface area contributed by atoms with Crippen LogP contribution < -0.4 is 11.1 Å². The smallest absolute Gasteiger partial charge is 0.128 e. The molecule has 1 saturated carbocycles. The second-order valence-electron chi connectivity index (χ2n) is 4.76. The molecule has 0 amide bonds. The lowest BCUT2D eigenvalue weighted by Crippen LogP contribution is -2.37. The number of aromatic nitrogens is 1. The van der Waals surface area contributed by atoms with Gasteiger partial charge in [-0.1, -0.05) is 18.9 Å². The topological polar surface area (TPSA) is 50.9 Å². The molecule has 3 nitrogen and oxygen atoms in total. The number of nitrogens with two attached hydrogens (primary N) is 1. The lowest BCUT2D eigenvalue weighted by Gasteiger charge is -2.28. The van der Waals surface area contributed by atoms with Crippen molar-refractivity contribution in [1.29, 1.82) is 0 Å². The van der Waals surface area contributed by atoms with Gasteiger partial charge in [0.2, 0.25) is 0 Å². The van der Waals surface area contributed by atoms with Crippen LogP contribution >= 0.6 is 0 Å². The fourth-order valence-corrected chi connectivity index (χ4v) is 2.39. The Hall–Kier alpha value is -1.09. The molecular weight excluding hydrogens is 198 g/mol. The van der Waals surface area contributed by atoms with Gasteiger partial charge in [-0.2, -0.15) is 0 Å². The predicted octanol–water partition coefficient (Wildman–Crippen LogP) is 2.32. The fourth-order valence-electron chi connectivity index (χ4n) is 2.39. The highest BCUT2D eigenvalue weighted by Crippen LogP contribution is 2.23. The van der Waals surface area contributed by atoms with Crippen LogP contribution in [-0.2, 0) is 0 Å². The van der Waals surface area contributed by atoms with E-state index >= 15 is 0 Å². The van der Waals surface area contributed by atoms with Gasteiger partial charge in [-0.3, -0.25) is 0 Å². The van der Waals surface area contributed by atoms with E-state index in [1.807, 2.05) is 12.3 Å². The third-order valence-corrected chi connectivity index (χ3v) is 3.51. The van der Waals surface area contributed by atoms with Gasteiger partial charge in [0.05, 0.1) is 0 Å². The molecule has 3 N–H and O–H groups in total. The lowest BCUT2D eigenvalue weighted by molar-refractivity contribution is 0.321. The third kappa shape index (κ3) is 2.73. The Morgan fingerprint density at radius 1 is 1.44 bits per heavy atom. The maximum atomic E-state index is 6.12. The van der Waals surface area contributed by atoms with E-state index in [9.17, 15) is 0 Å². The lowest BCUT2D eigenvalue weighted by atomic mass is 9.85. The molecule has 1 aliphatic carbocycles. The number of pyridine rings is 1. The highest BCUT2D eigenvalue weighted by molar-refractivity contribution is 5.42. The minimum Gasteiger partial charge on any atom is -0.370 e. The zero-order chi connectivity index (χ0) is 11.4. The molecule has 88 valence electrons. The van der Waals surface area contributed by atoms with Gasteiger partial charge in [0.25, 0.3) is 0 Å². The van der Waals surface area contributed by atoms with Crippen molar-refractivity contribution in [3.05, 3.63) is 23.9 Å². The molecule has 2 unspecified atom stereocenters. The Morgan fingerprint density at radius 2 is 2.25 bits per heavy atom. The summed E-state index contributed by atoms with van der Waals surface area (Å²) in [7, 11) is 0. The molecule has 0 saturated heterocycles. The molecule has 0 radical (unpaired) electrons. The van der Waals surface area contributed by atoms with E-state index in [0.29, 0.717) is 12.0 Å². The molecule has 1 fully saturated rings. The number of rotatable bonds is 3.